The van der Waals surface area contributed by atoms with Crippen molar-refractivity contribution in [1.82, 2.24) is 20.1 Å². The van der Waals surface area contributed by atoms with Gasteiger partial charge < -0.3 is 14.2 Å². The van der Waals surface area contributed by atoms with Crippen molar-refractivity contribution in [3.63, 3.8) is 0 Å². The molecule has 11 heteroatoms. The van der Waals surface area contributed by atoms with Crippen LogP contribution < -0.4 is 9.62 Å². The van der Waals surface area contributed by atoms with E-state index < -0.39 is 10.0 Å². The third kappa shape index (κ3) is 4.10. The first kappa shape index (κ1) is 21.2. The van der Waals surface area contributed by atoms with Gasteiger partial charge in [0.05, 0.1) is 30.3 Å². The Morgan fingerprint density at radius 3 is 2.42 bits per heavy atom. The fraction of sp³-hybridized carbons (Fsp3) is 0.400. The van der Waals surface area contributed by atoms with Gasteiger partial charge in [-0.05, 0) is 33.8 Å². The molecule has 0 saturated carbocycles. The number of morpholine rings is 1. The number of hydrogen-bond donors (Lipinski definition) is 1. The number of nitrogens with one attached hydrogen (secondary N) is 1. The van der Waals surface area contributed by atoms with Crippen LogP contribution in [0.25, 0.3) is 11.1 Å². The van der Waals surface area contributed by atoms with Crippen molar-refractivity contribution in [1.29, 1.82) is 0 Å². The number of rotatable bonds is 5. The lowest BCUT2D eigenvalue weighted by Gasteiger charge is -2.29. The number of aryl methyl sites for hydroxylation is 4. The van der Waals surface area contributed by atoms with Crippen molar-refractivity contribution in [3.8, 4) is 11.1 Å². The van der Waals surface area contributed by atoms with Crippen molar-refractivity contribution in [2.45, 2.75) is 32.6 Å². The summed E-state index contributed by atoms with van der Waals surface area (Å²) in [5, 5.41) is 3.74. The summed E-state index contributed by atoms with van der Waals surface area (Å²) in [5.41, 5.74) is 3.53. The van der Waals surface area contributed by atoms with Gasteiger partial charge in [-0.2, -0.15) is 0 Å². The monoisotopic (exact) mass is 444 g/mol. The molecule has 0 bridgehead atoms. The van der Waals surface area contributed by atoms with Crippen LogP contribution in [-0.4, -0.2) is 54.8 Å². The van der Waals surface area contributed by atoms with Crippen LogP contribution in [0.1, 0.15) is 22.8 Å². The smallest absolute Gasteiger partial charge is 0.267 e. The summed E-state index contributed by atoms with van der Waals surface area (Å²) >= 11 is 0. The van der Waals surface area contributed by atoms with Gasteiger partial charge in [-0.15, -0.1) is 0 Å². The second-order valence-corrected chi connectivity index (χ2v) is 8.99. The van der Waals surface area contributed by atoms with E-state index in [2.05, 4.69) is 29.7 Å². The summed E-state index contributed by atoms with van der Waals surface area (Å²) in [4.78, 5) is 15.4. The Bertz CT molecular complexity index is 1200. The molecule has 1 fully saturated rings. The molecule has 0 aromatic carbocycles. The summed E-state index contributed by atoms with van der Waals surface area (Å²) in [7, 11) is -3.90. The topological polar surface area (TPSA) is 123 Å². The summed E-state index contributed by atoms with van der Waals surface area (Å²) < 4.78 is 39.1. The lowest BCUT2D eigenvalue weighted by atomic mass is 10.0. The molecule has 1 aliphatic rings. The number of aromatic nitrogens is 4. The Labute approximate surface area is 180 Å². The highest BCUT2D eigenvalue weighted by Crippen LogP contribution is 2.34. The van der Waals surface area contributed by atoms with Crippen LogP contribution in [0.2, 0.25) is 0 Å². The highest BCUT2D eigenvalue weighted by Gasteiger charge is 2.26. The van der Waals surface area contributed by atoms with E-state index >= 15 is 0 Å². The molecule has 0 amide bonds. The minimum absolute atomic E-state index is 0.0329. The first-order valence-electron chi connectivity index (χ1n) is 9.85. The predicted molar refractivity (Wildman–Crippen MR) is 115 cm³/mol. The Morgan fingerprint density at radius 2 is 1.74 bits per heavy atom. The zero-order chi connectivity index (χ0) is 22.2. The standard InChI is InChI=1S/C20H24N6O4S/c1-12-17(25-31(27,28)19-14(3)24-30-15(19)4)9-16(10-21-12)18-13(2)22-11-23-20(18)26-5-7-29-8-6-26/h9-11,25H,5-8H2,1-4H3. The molecule has 1 saturated heterocycles. The lowest BCUT2D eigenvalue weighted by Crippen LogP contribution is -2.37. The van der Waals surface area contributed by atoms with Gasteiger partial charge in [0.2, 0.25) is 0 Å². The highest BCUT2D eigenvalue weighted by atomic mass is 32.2. The first-order chi connectivity index (χ1) is 14.8. The maximum Gasteiger partial charge on any atom is 0.267 e. The SMILES string of the molecule is Cc1ncc(-c2c(C)ncnc2N2CCOCC2)cc1NS(=O)(=O)c1c(C)noc1C. The summed E-state index contributed by atoms with van der Waals surface area (Å²) in [6.07, 6.45) is 3.24. The lowest BCUT2D eigenvalue weighted by molar-refractivity contribution is 0.122. The molecule has 164 valence electrons. The molecule has 0 atom stereocenters. The number of ether oxygens (including phenoxy) is 1. The number of anilines is 2. The Morgan fingerprint density at radius 1 is 1.00 bits per heavy atom. The normalized spacial score (nSPS) is 14.6. The van der Waals surface area contributed by atoms with E-state index in [1.807, 2.05) is 6.92 Å². The number of pyridine rings is 1. The minimum atomic E-state index is -3.90. The molecule has 0 radical (unpaired) electrons. The molecule has 10 nitrogen and oxygen atoms in total. The van der Waals surface area contributed by atoms with Crippen LogP contribution in [-0.2, 0) is 14.8 Å². The average Bonchev–Trinajstić information content (AvgIpc) is 3.09. The van der Waals surface area contributed by atoms with Gasteiger partial charge in [0.25, 0.3) is 10.0 Å². The number of hydrogen-bond acceptors (Lipinski definition) is 9. The molecule has 4 heterocycles. The Hall–Kier alpha value is -3.05. The van der Waals surface area contributed by atoms with E-state index in [0.717, 1.165) is 22.6 Å². The molecule has 0 unspecified atom stereocenters. The molecule has 0 aliphatic carbocycles. The highest BCUT2D eigenvalue weighted by molar-refractivity contribution is 7.92. The minimum Gasteiger partial charge on any atom is -0.378 e. The van der Waals surface area contributed by atoms with E-state index in [4.69, 9.17) is 9.26 Å². The fourth-order valence-electron chi connectivity index (χ4n) is 3.64. The molecule has 0 spiro atoms. The third-order valence-corrected chi connectivity index (χ3v) is 6.79. The van der Waals surface area contributed by atoms with Crippen LogP contribution in [0, 0.1) is 27.7 Å². The molecular weight excluding hydrogens is 420 g/mol. The van der Waals surface area contributed by atoms with Crippen molar-refractivity contribution in [2.75, 3.05) is 35.9 Å². The predicted octanol–water partition coefficient (Wildman–Crippen LogP) is 2.40. The quantitative estimate of drug-likeness (QED) is 0.632. The van der Waals surface area contributed by atoms with E-state index in [0.29, 0.717) is 43.4 Å². The van der Waals surface area contributed by atoms with E-state index in [9.17, 15) is 8.42 Å². The van der Waals surface area contributed by atoms with Gasteiger partial charge >= 0.3 is 0 Å². The van der Waals surface area contributed by atoms with Gasteiger partial charge in [0.1, 0.15) is 17.8 Å². The summed E-state index contributed by atoms with van der Waals surface area (Å²) in [5.74, 6) is 1.01. The van der Waals surface area contributed by atoms with Gasteiger partial charge in [0.15, 0.2) is 10.7 Å². The van der Waals surface area contributed by atoms with Crippen LogP contribution in [0.3, 0.4) is 0 Å². The zero-order valence-corrected chi connectivity index (χ0v) is 18.7. The fourth-order valence-corrected chi connectivity index (χ4v) is 5.08. The van der Waals surface area contributed by atoms with Gasteiger partial charge in [-0.3, -0.25) is 9.71 Å². The average molecular weight is 445 g/mol. The first-order valence-corrected chi connectivity index (χ1v) is 11.3. The Kier molecular flexibility index (Phi) is 5.63. The number of sulfonamides is 1. The molecule has 3 aromatic rings. The largest absolute Gasteiger partial charge is 0.378 e. The maximum atomic E-state index is 13.0. The second kappa shape index (κ2) is 8.23. The molecule has 1 aliphatic heterocycles. The molecular formula is C20H24N6O4S. The zero-order valence-electron chi connectivity index (χ0n) is 17.8. The van der Waals surface area contributed by atoms with E-state index in [1.165, 1.54) is 6.33 Å². The van der Waals surface area contributed by atoms with Gasteiger partial charge in [-0.1, -0.05) is 5.16 Å². The van der Waals surface area contributed by atoms with Gasteiger partial charge in [0, 0.05) is 30.4 Å². The Balaban J connectivity index is 1.76. The molecule has 31 heavy (non-hydrogen) atoms. The van der Waals surface area contributed by atoms with Crippen molar-refractivity contribution in [3.05, 3.63) is 41.4 Å². The molecule has 1 N–H and O–H groups in total. The van der Waals surface area contributed by atoms with Crippen LogP contribution in [0.15, 0.2) is 28.0 Å². The van der Waals surface area contributed by atoms with Crippen molar-refractivity contribution < 1.29 is 17.7 Å². The second-order valence-electron chi connectivity index (χ2n) is 7.37. The van der Waals surface area contributed by atoms with Gasteiger partial charge in [-0.25, -0.2) is 18.4 Å². The van der Waals surface area contributed by atoms with Crippen LogP contribution in [0.5, 0.6) is 0 Å². The van der Waals surface area contributed by atoms with E-state index in [-0.39, 0.29) is 10.7 Å². The number of nitrogens with zero attached hydrogens (tertiary/aromatic N) is 5. The third-order valence-electron chi connectivity index (χ3n) is 5.18. The van der Waals surface area contributed by atoms with E-state index in [1.54, 1.807) is 33.0 Å². The van der Waals surface area contributed by atoms with Crippen molar-refractivity contribution in [2.24, 2.45) is 0 Å². The van der Waals surface area contributed by atoms with Crippen LogP contribution >= 0.6 is 0 Å². The summed E-state index contributed by atoms with van der Waals surface area (Å²) in [6.45, 7) is 9.47. The maximum absolute atomic E-state index is 13.0. The molecule has 4 rings (SSSR count). The summed E-state index contributed by atoms with van der Waals surface area (Å²) in [6, 6.07) is 1.76. The molecule has 3 aromatic heterocycles. The van der Waals surface area contributed by atoms with Crippen LogP contribution in [0.4, 0.5) is 11.5 Å². The van der Waals surface area contributed by atoms with Crippen molar-refractivity contribution >= 4 is 21.5 Å².